The van der Waals surface area contributed by atoms with Crippen LogP contribution in [0.3, 0.4) is 0 Å². The average Bonchev–Trinajstić information content (AvgIpc) is 3.22. The Hall–Kier alpha value is -3.68. The molecule has 0 bridgehead atoms. The Balaban J connectivity index is 1.52. The van der Waals surface area contributed by atoms with Gasteiger partial charge in [0.05, 0.1) is 41.6 Å². The first kappa shape index (κ1) is 18.7. The van der Waals surface area contributed by atoms with Crippen molar-refractivity contribution in [2.24, 2.45) is 0 Å². The van der Waals surface area contributed by atoms with Crippen LogP contribution in [0.1, 0.15) is 11.3 Å². The van der Waals surface area contributed by atoms with Gasteiger partial charge in [0.15, 0.2) is 0 Å². The van der Waals surface area contributed by atoms with E-state index in [0.29, 0.717) is 12.4 Å². The van der Waals surface area contributed by atoms with Gasteiger partial charge in [-0.1, -0.05) is 48.5 Å². The van der Waals surface area contributed by atoms with Crippen molar-refractivity contribution in [2.45, 2.75) is 12.7 Å². The average molecular weight is 395 g/mol. The molecule has 0 aliphatic rings. The van der Waals surface area contributed by atoms with Gasteiger partial charge in [-0.15, -0.1) is 0 Å². The summed E-state index contributed by atoms with van der Waals surface area (Å²) in [5, 5.41) is 10.3. The van der Waals surface area contributed by atoms with Crippen molar-refractivity contribution in [1.29, 1.82) is 0 Å². The molecular weight excluding hydrogens is 379 g/mol. The fourth-order valence-electron chi connectivity index (χ4n) is 2.93. The molecule has 4 rings (SSSR count). The first-order valence-electron chi connectivity index (χ1n) is 8.83. The SMILES string of the molecule is FC(F)(F)c1ccccc1-c1cncc(NCc2cc(-c3ccccc3)n[nH]2)n1. The van der Waals surface area contributed by atoms with Gasteiger partial charge < -0.3 is 5.32 Å². The number of nitrogens with zero attached hydrogens (tertiary/aromatic N) is 3. The Morgan fingerprint density at radius 3 is 2.45 bits per heavy atom. The van der Waals surface area contributed by atoms with Gasteiger partial charge in [0.25, 0.3) is 0 Å². The molecule has 4 aromatic rings. The van der Waals surface area contributed by atoms with E-state index in [1.165, 1.54) is 24.5 Å². The minimum absolute atomic E-state index is 0.0101. The highest BCUT2D eigenvalue weighted by Gasteiger charge is 2.33. The molecule has 0 aliphatic carbocycles. The fourth-order valence-corrected chi connectivity index (χ4v) is 2.93. The maximum Gasteiger partial charge on any atom is 0.417 e. The molecule has 0 fully saturated rings. The van der Waals surface area contributed by atoms with Gasteiger partial charge in [0, 0.05) is 11.1 Å². The highest BCUT2D eigenvalue weighted by Crippen LogP contribution is 2.36. The lowest BCUT2D eigenvalue weighted by molar-refractivity contribution is -0.137. The van der Waals surface area contributed by atoms with Gasteiger partial charge in [-0.2, -0.15) is 18.3 Å². The van der Waals surface area contributed by atoms with Gasteiger partial charge in [-0.25, -0.2) is 4.98 Å². The summed E-state index contributed by atoms with van der Waals surface area (Å²) < 4.78 is 39.8. The molecule has 0 spiro atoms. The molecule has 0 saturated heterocycles. The van der Waals surface area contributed by atoms with Gasteiger partial charge in [-0.05, 0) is 12.1 Å². The molecule has 29 heavy (non-hydrogen) atoms. The zero-order chi connectivity index (χ0) is 20.3. The van der Waals surface area contributed by atoms with Gasteiger partial charge >= 0.3 is 6.18 Å². The number of H-pyrrole nitrogens is 1. The van der Waals surface area contributed by atoms with Crippen LogP contribution in [0, 0.1) is 0 Å². The molecule has 2 heterocycles. The van der Waals surface area contributed by atoms with Crippen molar-refractivity contribution in [2.75, 3.05) is 5.32 Å². The second-order valence-corrected chi connectivity index (χ2v) is 6.33. The second kappa shape index (κ2) is 7.75. The van der Waals surface area contributed by atoms with Crippen molar-refractivity contribution in [3.05, 3.63) is 84.3 Å². The molecule has 2 aromatic carbocycles. The third-order valence-electron chi connectivity index (χ3n) is 4.30. The maximum atomic E-state index is 13.3. The lowest BCUT2D eigenvalue weighted by Gasteiger charge is -2.12. The van der Waals surface area contributed by atoms with E-state index in [-0.39, 0.29) is 11.3 Å². The molecule has 0 unspecified atom stereocenters. The maximum absolute atomic E-state index is 13.3. The first-order chi connectivity index (χ1) is 14.0. The normalized spacial score (nSPS) is 11.4. The number of hydrogen-bond donors (Lipinski definition) is 2. The van der Waals surface area contributed by atoms with Crippen LogP contribution in [0.15, 0.2) is 73.1 Å². The number of benzene rings is 2. The van der Waals surface area contributed by atoms with E-state index in [0.717, 1.165) is 23.0 Å². The lowest BCUT2D eigenvalue weighted by Crippen LogP contribution is -2.08. The third-order valence-corrected chi connectivity index (χ3v) is 4.30. The van der Waals surface area contributed by atoms with Crippen LogP contribution in [0.4, 0.5) is 19.0 Å². The first-order valence-corrected chi connectivity index (χ1v) is 8.83. The highest BCUT2D eigenvalue weighted by atomic mass is 19.4. The predicted molar refractivity (Wildman–Crippen MR) is 104 cm³/mol. The minimum atomic E-state index is -4.47. The summed E-state index contributed by atoms with van der Waals surface area (Å²) in [4.78, 5) is 8.32. The number of halogens is 3. The Morgan fingerprint density at radius 2 is 1.66 bits per heavy atom. The minimum Gasteiger partial charge on any atom is -0.363 e. The molecule has 0 saturated carbocycles. The monoisotopic (exact) mass is 395 g/mol. The lowest BCUT2D eigenvalue weighted by atomic mass is 10.0. The number of nitrogens with one attached hydrogen (secondary N) is 2. The van der Waals surface area contributed by atoms with E-state index >= 15 is 0 Å². The predicted octanol–water partition coefficient (Wildman–Crippen LogP) is 5.16. The standard InChI is InChI=1S/C21H16F3N5/c22-21(23,24)17-9-5-4-8-16(17)19-12-25-13-20(27-19)26-11-15-10-18(29-28-15)14-6-2-1-3-7-14/h1-10,12-13H,11H2,(H,26,27)(H,28,29). The van der Waals surface area contributed by atoms with Crippen LogP contribution >= 0.6 is 0 Å². The molecule has 2 aromatic heterocycles. The summed E-state index contributed by atoms with van der Waals surface area (Å²) in [7, 11) is 0. The van der Waals surface area contributed by atoms with Crippen molar-refractivity contribution >= 4 is 5.82 Å². The molecule has 146 valence electrons. The second-order valence-electron chi connectivity index (χ2n) is 6.33. The number of alkyl halides is 3. The van der Waals surface area contributed by atoms with Gasteiger partial charge in [-0.3, -0.25) is 10.1 Å². The van der Waals surface area contributed by atoms with Crippen LogP contribution in [0.2, 0.25) is 0 Å². The molecule has 0 radical (unpaired) electrons. The Bertz CT molecular complexity index is 1110. The van der Waals surface area contributed by atoms with E-state index in [4.69, 9.17) is 0 Å². The summed E-state index contributed by atoms with van der Waals surface area (Å²) in [5.74, 6) is 0.371. The van der Waals surface area contributed by atoms with Crippen LogP contribution in [-0.4, -0.2) is 20.2 Å². The summed E-state index contributed by atoms with van der Waals surface area (Å²) in [6.07, 6.45) is -1.68. The number of anilines is 1. The van der Waals surface area contributed by atoms with Crippen molar-refractivity contribution in [3.63, 3.8) is 0 Å². The molecule has 0 aliphatic heterocycles. The Labute approximate surface area is 164 Å². The molecule has 2 N–H and O–H groups in total. The highest BCUT2D eigenvalue weighted by molar-refractivity contribution is 5.65. The topological polar surface area (TPSA) is 66.5 Å². The summed E-state index contributed by atoms with van der Waals surface area (Å²) >= 11 is 0. The third kappa shape index (κ3) is 4.26. The van der Waals surface area contributed by atoms with Crippen molar-refractivity contribution in [3.8, 4) is 22.5 Å². The largest absolute Gasteiger partial charge is 0.417 e. The molecule has 5 nitrogen and oxygen atoms in total. The van der Waals surface area contributed by atoms with E-state index < -0.39 is 11.7 Å². The summed E-state index contributed by atoms with van der Waals surface area (Å²) in [6, 6.07) is 16.9. The fraction of sp³-hybridized carbons (Fsp3) is 0.0952. The van der Waals surface area contributed by atoms with Crippen LogP contribution in [0.5, 0.6) is 0 Å². The van der Waals surface area contributed by atoms with E-state index in [1.54, 1.807) is 6.07 Å². The van der Waals surface area contributed by atoms with Crippen LogP contribution < -0.4 is 5.32 Å². The number of aromatic nitrogens is 4. The Kier molecular flexibility index (Phi) is 4.99. The van der Waals surface area contributed by atoms with E-state index in [2.05, 4.69) is 25.5 Å². The quantitative estimate of drug-likeness (QED) is 0.490. The summed E-state index contributed by atoms with van der Waals surface area (Å²) in [5.41, 5.74) is 2.00. The summed E-state index contributed by atoms with van der Waals surface area (Å²) in [6.45, 7) is 0.374. The molecule has 0 atom stereocenters. The molecular formula is C21H16F3N5. The van der Waals surface area contributed by atoms with Gasteiger partial charge in [0.1, 0.15) is 5.82 Å². The molecule has 0 amide bonds. The van der Waals surface area contributed by atoms with E-state index in [9.17, 15) is 13.2 Å². The number of rotatable bonds is 5. The zero-order valence-corrected chi connectivity index (χ0v) is 15.1. The van der Waals surface area contributed by atoms with Crippen molar-refractivity contribution in [1.82, 2.24) is 20.2 Å². The Morgan fingerprint density at radius 1 is 0.897 bits per heavy atom. The number of aromatic amines is 1. The molecule has 8 heteroatoms. The number of hydrogen-bond acceptors (Lipinski definition) is 4. The van der Waals surface area contributed by atoms with E-state index in [1.807, 2.05) is 36.4 Å². The zero-order valence-electron chi connectivity index (χ0n) is 15.1. The smallest absolute Gasteiger partial charge is 0.363 e. The van der Waals surface area contributed by atoms with Crippen LogP contribution in [-0.2, 0) is 12.7 Å². The van der Waals surface area contributed by atoms with Crippen molar-refractivity contribution < 1.29 is 13.2 Å². The van der Waals surface area contributed by atoms with Crippen LogP contribution in [0.25, 0.3) is 22.5 Å². The van der Waals surface area contributed by atoms with Gasteiger partial charge in [0.2, 0.25) is 0 Å².